The highest BCUT2D eigenvalue weighted by molar-refractivity contribution is 5.94. The number of hydrogen-bond acceptors (Lipinski definition) is 3. The molecule has 3 heterocycles. The van der Waals surface area contributed by atoms with E-state index in [1.807, 2.05) is 12.1 Å². The Morgan fingerprint density at radius 2 is 2.30 bits per heavy atom. The van der Waals surface area contributed by atoms with Gasteiger partial charge in [-0.15, -0.1) is 0 Å². The van der Waals surface area contributed by atoms with Gasteiger partial charge in [-0.05, 0) is 24.5 Å². The zero-order valence-electron chi connectivity index (χ0n) is 11.0. The molecule has 20 heavy (non-hydrogen) atoms. The molecule has 1 unspecified atom stereocenters. The molecule has 5 nitrogen and oxygen atoms in total. The molecule has 0 aliphatic carbocycles. The average Bonchev–Trinajstić information content (AvgIpc) is 2.97. The van der Waals surface area contributed by atoms with Crippen molar-refractivity contribution in [2.45, 2.75) is 18.9 Å². The van der Waals surface area contributed by atoms with Crippen LogP contribution < -0.4 is 5.43 Å². The van der Waals surface area contributed by atoms with Gasteiger partial charge >= 0.3 is 0 Å². The first-order valence-electron chi connectivity index (χ1n) is 6.65. The molecule has 0 aromatic carbocycles. The number of aromatic amines is 1. The van der Waals surface area contributed by atoms with Crippen molar-refractivity contribution in [3.8, 4) is 0 Å². The summed E-state index contributed by atoms with van der Waals surface area (Å²) in [6, 6.07) is 5.22. The van der Waals surface area contributed by atoms with Crippen molar-refractivity contribution in [1.29, 1.82) is 0 Å². The fourth-order valence-electron chi connectivity index (χ4n) is 2.67. The van der Waals surface area contributed by atoms with Crippen LogP contribution in [0.1, 0.15) is 34.8 Å². The Labute approximate surface area is 116 Å². The number of amides is 1. The fourth-order valence-corrected chi connectivity index (χ4v) is 2.67. The molecule has 0 saturated carbocycles. The first-order valence-corrected chi connectivity index (χ1v) is 6.65. The van der Waals surface area contributed by atoms with Gasteiger partial charge in [-0.2, -0.15) is 0 Å². The largest absolute Gasteiger partial charge is 0.367 e. The molecule has 1 aliphatic rings. The van der Waals surface area contributed by atoms with Crippen LogP contribution >= 0.6 is 0 Å². The molecular weight excluding hydrogens is 254 g/mol. The molecule has 1 aliphatic heterocycles. The second kappa shape index (κ2) is 5.28. The molecule has 1 N–H and O–H groups in total. The zero-order chi connectivity index (χ0) is 13.9. The molecule has 0 spiro atoms. The van der Waals surface area contributed by atoms with E-state index >= 15 is 0 Å². The third kappa shape index (κ3) is 2.22. The predicted octanol–water partition coefficient (Wildman–Crippen LogP) is 1.75. The Morgan fingerprint density at radius 1 is 1.40 bits per heavy atom. The number of rotatable bonds is 2. The monoisotopic (exact) mass is 269 g/mol. The Hall–Kier alpha value is -2.43. The lowest BCUT2D eigenvalue weighted by atomic mass is 10.1. The third-order valence-corrected chi connectivity index (χ3v) is 3.64. The SMILES string of the molecule is O=C(c1c[nH]ccc1=O)N1CCCC1c1cccnc1. The zero-order valence-corrected chi connectivity index (χ0v) is 11.0. The summed E-state index contributed by atoms with van der Waals surface area (Å²) in [7, 11) is 0. The summed E-state index contributed by atoms with van der Waals surface area (Å²) in [5.41, 5.74) is 0.972. The number of likely N-dealkylation sites (tertiary alicyclic amines) is 1. The Kier molecular flexibility index (Phi) is 3.33. The highest BCUT2D eigenvalue weighted by Crippen LogP contribution is 2.32. The number of carbonyl (C=O) groups excluding carboxylic acids is 1. The Balaban J connectivity index is 1.92. The smallest absolute Gasteiger partial charge is 0.259 e. The van der Waals surface area contributed by atoms with Crippen molar-refractivity contribution in [3.05, 3.63) is 64.3 Å². The maximum absolute atomic E-state index is 12.5. The van der Waals surface area contributed by atoms with E-state index in [9.17, 15) is 9.59 Å². The number of hydrogen-bond donors (Lipinski definition) is 1. The summed E-state index contributed by atoms with van der Waals surface area (Å²) < 4.78 is 0. The van der Waals surface area contributed by atoms with Crippen LogP contribution in [0.15, 0.2) is 47.8 Å². The molecule has 0 bridgehead atoms. The lowest BCUT2D eigenvalue weighted by Gasteiger charge is -2.24. The average molecular weight is 269 g/mol. The van der Waals surface area contributed by atoms with Crippen LogP contribution in [0.25, 0.3) is 0 Å². The Morgan fingerprint density at radius 3 is 3.05 bits per heavy atom. The van der Waals surface area contributed by atoms with Crippen molar-refractivity contribution in [2.75, 3.05) is 6.54 Å². The molecule has 1 amide bonds. The lowest BCUT2D eigenvalue weighted by molar-refractivity contribution is 0.0734. The van der Waals surface area contributed by atoms with Gasteiger partial charge in [0.1, 0.15) is 5.56 Å². The van der Waals surface area contributed by atoms with Crippen LogP contribution in [0.3, 0.4) is 0 Å². The van der Waals surface area contributed by atoms with E-state index in [4.69, 9.17) is 0 Å². The maximum Gasteiger partial charge on any atom is 0.259 e. The summed E-state index contributed by atoms with van der Waals surface area (Å²) in [6.45, 7) is 0.673. The molecule has 3 rings (SSSR count). The van der Waals surface area contributed by atoms with E-state index in [0.717, 1.165) is 18.4 Å². The molecule has 0 radical (unpaired) electrons. The van der Waals surface area contributed by atoms with Crippen molar-refractivity contribution in [1.82, 2.24) is 14.9 Å². The van der Waals surface area contributed by atoms with E-state index < -0.39 is 0 Å². The molecular formula is C15H15N3O2. The highest BCUT2D eigenvalue weighted by atomic mass is 16.2. The number of nitrogens with zero attached hydrogens (tertiary/aromatic N) is 2. The van der Waals surface area contributed by atoms with Crippen LogP contribution in [0.5, 0.6) is 0 Å². The standard InChI is InChI=1S/C15H15N3O2/c19-14-5-7-17-10-12(14)15(20)18-8-2-4-13(18)11-3-1-6-16-9-11/h1,3,5-7,9-10,13H,2,4,8H2,(H,17,19). The molecule has 5 heteroatoms. The highest BCUT2D eigenvalue weighted by Gasteiger charge is 2.31. The van der Waals surface area contributed by atoms with Gasteiger partial charge in [-0.1, -0.05) is 6.07 Å². The van der Waals surface area contributed by atoms with Crippen LogP contribution in [-0.2, 0) is 0 Å². The number of H-pyrrole nitrogens is 1. The van der Waals surface area contributed by atoms with E-state index in [1.54, 1.807) is 17.3 Å². The van der Waals surface area contributed by atoms with Gasteiger partial charge in [0.15, 0.2) is 5.43 Å². The maximum atomic E-state index is 12.5. The molecule has 102 valence electrons. The third-order valence-electron chi connectivity index (χ3n) is 3.64. The predicted molar refractivity (Wildman–Crippen MR) is 74.3 cm³/mol. The molecule has 1 saturated heterocycles. The molecule has 2 aromatic rings. The van der Waals surface area contributed by atoms with Crippen LogP contribution in [0.2, 0.25) is 0 Å². The van der Waals surface area contributed by atoms with E-state index in [1.165, 1.54) is 18.5 Å². The van der Waals surface area contributed by atoms with Crippen LogP contribution in [-0.4, -0.2) is 27.3 Å². The van der Waals surface area contributed by atoms with Crippen molar-refractivity contribution >= 4 is 5.91 Å². The molecule has 2 aromatic heterocycles. The van der Waals surface area contributed by atoms with Gasteiger partial charge < -0.3 is 9.88 Å². The van der Waals surface area contributed by atoms with E-state index in [2.05, 4.69) is 9.97 Å². The minimum absolute atomic E-state index is 0.0100. The number of aromatic nitrogens is 2. The van der Waals surface area contributed by atoms with Gasteiger partial charge in [0, 0.05) is 37.4 Å². The van der Waals surface area contributed by atoms with E-state index in [-0.39, 0.29) is 22.9 Å². The number of nitrogens with one attached hydrogen (secondary N) is 1. The van der Waals surface area contributed by atoms with E-state index in [0.29, 0.717) is 6.54 Å². The topological polar surface area (TPSA) is 66.1 Å². The molecule has 1 fully saturated rings. The van der Waals surface area contributed by atoms with Gasteiger partial charge in [0.25, 0.3) is 5.91 Å². The number of pyridine rings is 2. The minimum Gasteiger partial charge on any atom is -0.367 e. The summed E-state index contributed by atoms with van der Waals surface area (Å²) in [5, 5.41) is 0. The first-order chi connectivity index (χ1) is 9.77. The summed E-state index contributed by atoms with van der Waals surface area (Å²) in [4.78, 5) is 33.0. The summed E-state index contributed by atoms with van der Waals surface area (Å²) in [6.07, 6.45) is 8.35. The van der Waals surface area contributed by atoms with Gasteiger partial charge in [-0.3, -0.25) is 14.6 Å². The Bertz CT molecular complexity index is 666. The molecule has 1 atom stereocenters. The lowest BCUT2D eigenvalue weighted by Crippen LogP contribution is -2.33. The normalized spacial score (nSPS) is 18.2. The van der Waals surface area contributed by atoms with Crippen LogP contribution in [0, 0.1) is 0 Å². The van der Waals surface area contributed by atoms with Crippen LogP contribution in [0.4, 0.5) is 0 Å². The quantitative estimate of drug-likeness (QED) is 0.903. The fraction of sp³-hybridized carbons (Fsp3) is 0.267. The van der Waals surface area contributed by atoms with Gasteiger partial charge in [-0.25, -0.2) is 0 Å². The first kappa shape index (κ1) is 12.6. The van der Waals surface area contributed by atoms with Gasteiger partial charge in [0.2, 0.25) is 0 Å². The number of carbonyl (C=O) groups is 1. The van der Waals surface area contributed by atoms with Crippen molar-refractivity contribution < 1.29 is 4.79 Å². The summed E-state index contributed by atoms with van der Waals surface area (Å²) >= 11 is 0. The second-order valence-corrected chi connectivity index (χ2v) is 4.87. The van der Waals surface area contributed by atoms with Gasteiger partial charge in [0.05, 0.1) is 6.04 Å². The second-order valence-electron chi connectivity index (χ2n) is 4.87. The summed E-state index contributed by atoms with van der Waals surface area (Å²) in [5.74, 6) is -0.210. The van der Waals surface area contributed by atoms with Crippen molar-refractivity contribution in [3.63, 3.8) is 0 Å². The minimum atomic E-state index is -0.245. The van der Waals surface area contributed by atoms with Crippen molar-refractivity contribution in [2.24, 2.45) is 0 Å².